The largest absolute Gasteiger partial charge is 0.465 e. The van der Waals surface area contributed by atoms with Crippen LogP contribution in [0.1, 0.15) is 12.0 Å². The Morgan fingerprint density at radius 2 is 1.94 bits per heavy atom. The van der Waals surface area contributed by atoms with Gasteiger partial charge >= 0.3 is 6.09 Å². The zero-order chi connectivity index (χ0) is 12.7. The Morgan fingerprint density at radius 3 is 2.47 bits per heavy atom. The molecular formula is C12H17NO4. The number of amides is 1. The van der Waals surface area contributed by atoms with E-state index in [-0.39, 0.29) is 26.1 Å². The normalized spacial score (nSPS) is 12.1. The highest BCUT2D eigenvalue weighted by Gasteiger charge is 2.16. The highest BCUT2D eigenvalue weighted by molar-refractivity contribution is 5.65. The van der Waals surface area contributed by atoms with Gasteiger partial charge in [-0.1, -0.05) is 30.3 Å². The van der Waals surface area contributed by atoms with Crippen molar-refractivity contribution in [2.24, 2.45) is 0 Å². The maximum Gasteiger partial charge on any atom is 0.407 e. The fourth-order valence-corrected chi connectivity index (χ4v) is 1.51. The van der Waals surface area contributed by atoms with Gasteiger partial charge in [-0.15, -0.1) is 0 Å². The van der Waals surface area contributed by atoms with Crippen molar-refractivity contribution in [1.29, 1.82) is 0 Å². The van der Waals surface area contributed by atoms with Gasteiger partial charge in [-0.2, -0.15) is 0 Å². The Morgan fingerprint density at radius 1 is 1.29 bits per heavy atom. The van der Waals surface area contributed by atoms with Crippen LogP contribution < -0.4 is 0 Å². The number of aliphatic hydroxyl groups excluding tert-OH is 2. The number of benzene rings is 1. The van der Waals surface area contributed by atoms with E-state index < -0.39 is 12.2 Å². The lowest BCUT2D eigenvalue weighted by molar-refractivity contribution is 0.0775. The molecule has 1 amide bonds. The monoisotopic (exact) mass is 239 g/mol. The van der Waals surface area contributed by atoms with Gasteiger partial charge in [0.1, 0.15) is 0 Å². The highest BCUT2D eigenvalue weighted by Crippen LogP contribution is 2.06. The van der Waals surface area contributed by atoms with Gasteiger partial charge in [0.2, 0.25) is 0 Å². The molecule has 1 aromatic carbocycles. The lowest BCUT2D eigenvalue weighted by atomic mass is 10.2. The molecule has 3 N–H and O–H groups in total. The number of nitrogens with zero attached hydrogens (tertiary/aromatic N) is 1. The molecule has 1 aromatic rings. The van der Waals surface area contributed by atoms with Gasteiger partial charge in [-0.05, 0) is 12.0 Å². The molecular weight excluding hydrogens is 222 g/mol. The zero-order valence-electron chi connectivity index (χ0n) is 9.49. The molecule has 1 rings (SSSR count). The van der Waals surface area contributed by atoms with Crippen molar-refractivity contribution in [2.75, 3.05) is 13.2 Å². The molecule has 5 heteroatoms. The van der Waals surface area contributed by atoms with Crippen molar-refractivity contribution in [1.82, 2.24) is 4.90 Å². The third-order valence-electron chi connectivity index (χ3n) is 2.38. The molecule has 94 valence electrons. The van der Waals surface area contributed by atoms with Crippen molar-refractivity contribution in [2.45, 2.75) is 19.1 Å². The third kappa shape index (κ3) is 4.84. The van der Waals surface area contributed by atoms with E-state index in [0.29, 0.717) is 0 Å². The van der Waals surface area contributed by atoms with E-state index in [2.05, 4.69) is 0 Å². The Bertz CT molecular complexity index is 342. The maximum atomic E-state index is 11.0. The molecule has 0 aliphatic heterocycles. The fraction of sp³-hybridized carbons (Fsp3) is 0.417. The fourth-order valence-electron chi connectivity index (χ4n) is 1.51. The van der Waals surface area contributed by atoms with Gasteiger partial charge in [0, 0.05) is 13.2 Å². The Labute approximate surface area is 99.9 Å². The number of hydrogen-bond donors (Lipinski definition) is 3. The van der Waals surface area contributed by atoms with E-state index in [9.17, 15) is 9.90 Å². The molecule has 0 radical (unpaired) electrons. The van der Waals surface area contributed by atoms with Crippen LogP contribution in [-0.4, -0.2) is 45.6 Å². The molecule has 0 saturated carbocycles. The minimum Gasteiger partial charge on any atom is -0.465 e. The smallest absolute Gasteiger partial charge is 0.407 e. The minimum absolute atomic E-state index is 0.00475. The van der Waals surface area contributed by atoms with Crippen LogP contribution in [0.4, 0.5) is 4.79 Å². The predicted molar refractivity (Wildman–Crippen MR) is 62.6 cm³/mol. The third-order valence-corrected chi connectivity index (χ3v) is 2.38. The molecule has 5 nitrogen and oxygen atoms in total. The molecule has 0 aromatic heterocycles. The van der Waals surface area contributed by atoms with Crippen molar-refractivity contribution < 1.29 is 20.1 Å². The quantitative estimate of drug-likeness (QED) is 0.689. The molecule has 0 aliphatic rings. The van der Waals surface area contributed by atoms with Crippen LogP contribution in [0.3, 0.4) is 0 Å². The zero-order valence-corrected chi connectivity index (χ0v) is 9.49. The van der Waals surface area contributed by atoms with Crippen LogP contribution in [0.5, 0.6) is 0 Å². The summed E-state index contributed by atoms with van der Waals surface area (Å²) in [7, 11) is 0. The summed E-state index contributed by atoms with van der Waals surface area (Å²) in [6, 6.07) is 9.18. The van der Waals surface area contributed by atoms with Crippen LogP contribution in [0, 0.1) is 0 Å². The summed E-state index contributed by atoms with van der Waals surface area (Å²) in [6.45, 7) is 0.0867. The Kier molecular flexibility index (Phi) is 5.45. The lowest BCUT2D eigenvalue weighted by Crippen LogP contribution is -2.36. The van der Waals surface area contributed by atoms with Crippen molar-refractivity contribution >= 4 is 6.09 Å². The van der Waals surface area contributed by atoms with Gasteiger partial charge in [0.25, 0.3) is 0 Å². The van der Waals surface area contributed by atoms with Crippen molar-refractivity contribution in [3.05, 3.63) is 35.9 Å². The summed E-state index contributed by atoms with van der Waals surface area (Å²) in [5.41, 5.74) is 0.867. The Hall–Kier alpha value is -1.59. The van der Waals surface area contributed by atoms with Gasteiger partial charge in [-0.25, -0.2) is 4.79 Å². The van der Waals surface area contributed by atoms with Gasteiger partial charge in [0.15, 0.2) is 0 Å². The predicted octanol–water partition coefficient (Wildman–Crippen LogP) is 0.910. The summed E-state index contributed by atoms with van der Waals surface area (Å²) >= 11 is 0. The second-order valence-corrected chi connectivity index (χ2v) is 3.81. The number of hydrogen-bond acceptors (Lipinski definition) is 3. The lowest BCUT2D eigenvalue weighted by Gasteiger charge is -2.22. The van der Waals surface area contributed by atoms with Gasteiger partial charge < -0.3 is 20.2 Å². The summed E-state index contributed by atoms with van der Waals surface area (Å²) < 4.78 is 0. The van der Waals surface area contributed by atoms with Crippen LogP contribution in [0.15, 0.2) is 30.3 Å². The molecule has 0 heterocycles. The van der Waals surface area contributed by atoms with Crippen LogP contribution in [-0.2, 0) is 6.54 Å². The molecule has 17 heavy (non-hydrogen) atoms. The van der Waals surface area contributed by atoms with E-state index in [1.165, 1.54) is 0 Å². The molecule has 0 spiro atoms. The molecule has 0 fully saturated rings. The molecule has 0 bridgehead atoms. The first-order valence-corrected chi connectivity index (χ1v) is 5.44. The van der Waals surface area contributed by atoms with Crippen LogP contribution >= 0.6 is 0 Å². The van der Waals surface area contributed by atoms with E-state index in [0.717, 1.165) is 10.5 Å². The first-order chi connectivity index (χ1) is 8.13. The Balaban J connectivity index is 2.58. The average Bonchev–Trinajstić information content (AvgIpc) is 2.29. The SMILES string of the molecule is O=C(O)N(Cc1ccccc1)CC(O)CCO. The molecule has 0 aliphatic carbocycles. The second-order valence-electron chi connectivity index (χ2n) is 3.81. The molecule has 1 atom stereocenters. The number of carboxylic acid groups (broad SMARTS) is 1. The molecule has 1 unspecified atom stereocenters. The minimum atomic E-state index is -1.08. The van der Waals surface area contributed by atoms with E-state index in [4.69, 9.17) is 10.2 Å². The summed E-state index contributed by atoms with van der Waals surface area (Å²) in [5, 5.41) is 27.1. The van der Waals surface area contributed by atoms with Crippen LogP contribution in [0.25, 0.3) is 0 Å². The first kappa shape index (κ1) is 13.5. The van der Waals surface area contributed by atoms with Gasteiger partial charge in [0.05, 0.1) is 12.6 Å². The number of aliphatic hydroxyl groups is 2. The summed E-state index contributed by atoms with van der Waals surface area (Å²) in [5.74, 6) is 0. The van der Waals surface area contributed by atoms with E-state index in [1.54, 1.807) is 0 Å². The average molecular weight is 239 g/mol. The van der Waals surface area contributed by atoms with E-state index in [1.807, 2.05) is 30.3 Å². The highest BCUT2D eigenvalue weighted by atomic mass is 16.4. The van der Waals surface area contributed by atoms with Crippen molar-refractivity contribution in [3.63, 3.8) is 0 Å². The molecule has 0 saturated heterocycles. The standard InChI is InChI=1S/C12H17NO4/c14-7-6-11(15)9-13(12(16)17)8-10-4-2-1-3-5-10/h1-5,11,14-15H,6-9H2,(H,16,17). The topological polar surface area (TPSA) is 81.0 Å². The maximum absolute atomic E-state index is 11.0. The van der Waals surface area contributed by atoms with E-state index >= 15 is 0 Å². The van der Waals surface area contributed by atoms with Crippen molar-refractivity contribution in [3.8, 4) is 0 Å². The number of carbonyl (C=O) groups is 1. The first-order valence-electron chi connectivity index (χ1n) is 5.44. The summed E-state index contributed by atoms with van der Waals surface area (Å²) in [6.07, 6.45) is -1.73. The second kappa shape index (κ2) is 6.88. The number of rotatable bonds is 6. The van der Waals surface area contributed by atoms with Gasteiger partial charge in [-0.3, -0.25) is 0 Å². The van der Waals surface area contributed by atoms with Crippen LogP contribution in [0.2, 0.25) is 0 Å². The summed E-state index contributed by atoms with van der Waals surface area (Å²) in [4.78, 5) is 12.1.